The van der Waals surface area contributed by atoms with Gasteiger partial charge in [0.1, 0.15) is 0 Å². The first-order valence-corrected chi connectivity index (χ1v) is 9.48. The zero-order valence-corrected chi connectivity index (χ0v) is 14.9. The fourth-order valence-corrected chi connectivity index (χ4v) is 4.37. The van der Waals surface area contributed by atoms with Crippen LogP contribution in [-0.2, 0) is 23.0 Å². The molecule has 21 heavy (non-hydrogen) atoms. The summed E-state index contributed by atoms with van der Waals surface area (Å²) < 4.78 is 27.9. The monoisotopic (exact) mass is 404 g/mol. The van der Waals surface area contributed by atoms with E-state index in [1.54, 1.807) is 24.3 Å². The third-order valence-electron chi connectivity index (χ3n) is 2.68. The summed E-state index contributed by atoms with van der Waals surface area (Å²) in [6.45, 7) is 0.271. The summed E-state index contributed by atoms with van der Waals surface area (Å²) in [5.74, 6) is 0. The van der Waals surface area contributed by atoms with E-state index >= 15 is 0 Å². The Bertz CT molecular complexity index is 739. The fraction of sp³-hybridized carbons (Fsp3) is 0.154. The molecule has 4 nitrogen and oxygen atoms in total. The van der Waals surface area contributed by atoms with Crippen molar-refractivity contribution in [2.24, 2.45) is 5.73 Å². The molecule has 0 saturated carbocycles. The van der Waals surface area contributed by atoms with E-state index in [2.05, 4.69) is 20.7 Å². The quantitative estimate of drug-likeness (QED) is 0.725. The van der Waals surface area contributed by atoms with Crippen molar-refractivity contribution in [1.29, 1.82) is 0 Å². The largest absolute Gasteiger partial charge is 0.393 e. The Morgan fingerprint density at radius 2 is 1.90 bits per heavy atom. The van der Waals surface area contributed by atoms with Gasteiger partial charge in [-0.15, -0.1) is 11.3 Å². The normalized spacial score (nSPS) is 11.5. The Morgan fingerprint density at radius 3 is 2.43 bits per heavy atom. The van der Waals surface area contributed by atoms with E-state index in [0.717, 1.165) is 14.2 Å². The second-order valence-electron chi connectivity index (χ2n) is 4.32. The summed E-state index contributed by atoms with van der Waals surface area (Å²) in [5, 5.41) is 0. The van der Waals surface area contributed by atoms with Crippen molar-refractivity contribution in [2.75, 3.05) is 0 Å². The third kappa shape index (κ3) is 4.86. The van der Waals surface area contributed by atoms with Crippen LogP contribution in [0.1, 0.15) is 10.4 Å². The number of rotatable bonds is 6. The number of thiocarbonyl (C=S) groups is 1. The number of benzene rings is 1. The molecule has 0 unspecified atom stereocenters. The SMILES string of the molecule is NC(=S)Cc1ccc(S(=O)(=O)NCc2ccc(Br)s2)cc1. The summed E-state index contributed by atoms with van der Waals surface area (Å²) in [7, 11) is -3.52. The van der Waals surface area contributed by atoms with Gasteiger partial charge in [-0.1, -0.05) is 24.4 Å². The van der Waals surface area contributed by atoms with E-state index in [1.807, 2.05) is 12.1 Å². The van der Waals surface area contributed by atoms with Gasteiger partial charge in [-0.05, 0) is 45.8 Å². The molecule has 0 spiro atoms. The molecule has 0 fully saturated rings. The van der Waals surface area contributed by atoms with Crippen LogP contribution in [0.4, 0.5) is 0 Å². The second kappa shape index (κ2) is 6.97. The maximum atomic E-state index is 12.2. The smallest absolute Gasteiger partial charge is 0.240 e. The highest BCUT2D eigenvalue weighted by Crippen LogP contribution is 2.22. The molecule has 1 heterocycles. The predicted molar refractivity (Wildman–Crippen MR) is 93.0 cm³/mol. The highest BCUT2D eigenvalue weighted by atomic mass is 79.9. The van der Waals surface area contributed by atoms with Crippen LogP contribution in [-0.4, -0.2) is 13.4 Å². The number of halogens is 1. The molecule has 0 atom stereocenters. The molecule has 0 bridgehead atoms. The molecule has 0 radical (unpaired) electrons. The Balaban J connectivity index is 2.06. The van der Waals surface area contributed by atoms with E-state index < -0.39 is 10.0 Å². The topological polar surface area (TPSA) is 72.2 Å². The minimum absolute atomic E-state index is 0.227. The molecule has 0 amide bonds. The van der Waals surface area contributed by atoms with Crippen LogP contribution in [0.3, 0.4) is 0 Å². The molecule has 0 aliphatic carbocycles. The minimum Gasteiger partial charge on any atom is -0.393 e. The van der Waals surface area contributed by atoms with E-state index in [1.165, 1.54) is 11.3 Å². The highest BCUT2D eigenvalue weighted by molar-refractivity contribution is 9.11. The van der Waals surface area contributed by atoms with Gasteiger partial charge in [-0.25, -0.2) is 13.1 Å². The first kappa shape index (κ1) is 16.6. The van der Waals surface area contributed by atoms with Crippen molar-refractivity contribution in [3.63, 3.8) is 0 Å². The molecule has 0 aliphatic rings. The molecule has 3 N–H and O–H groups in total. The van der Waals surface area contributed by atoms with Gasteiger partial charge in [0.2, 0.25) is 10.0 Å². The molecule has 8 heteroatoms. The van der Waals surface area contributed by atoms with E-state index in [9.17, 15) is 8.42 Å². The first-order valence-electron chi connectivity index (χ1n) is 5.98. The van der Waals surface area contributed by atoms with Crippen molar-refractivity contribution >= 4 is 54.5 Å². The zero-order chi connectivity index (χ0) is 15.5. The van der Waals surface area contributed by atoms with Crippen LogP contribution in [0.15, 0.2) is 45.1 Å². The number of nitrogens with two attached hydrogens (primary N) is 1. The van der Waals surface area contributed by atoms with Crippen molar-refractivity contribution in [1.82, 2.24) is 4.72 Å². The molecule has 2 aromatic rings. The van der Waals surface area contributed by atoms with Gasteiger partial charge in [-0.2, -0.15) is 0 Å². The van der Waals surface area contributed by atoms with Gasteiger partial charge >= 0.3 is 0 Å². The van der Waals surface area contributed by atoms with Crippen LogP contribution in [0.2, 0.25) is 0 Å². The third-order valence-corrected chi connectivity index (χ3v) is 5.86. The van der Waals surface area contributed by atoms with E-state index in [0.29, 0.717) is 11.4 Å². The number of sulfonamides is 1. The number of hydrogen-bond donors (Lipinski definition) is 2. The van der Waals surface area contributed by atoms with Crippen LogP contribution in [0.5, 0.6) is 0 Å². The van der Waals surface area contributed by atoms with Crippen molar-refractivity contribution in [3.8, 4) is 0 Å². The molecule has 1 aromatic heterocycles. The Morgan fingerprint density at radius 1 is 1.24 bits per heavy atom. The highest BCUT2D eigenvalue weighted by Gasteiger charge is 2.14. The summed E-state index contributed by atoms with van der Waals surface area (Å²) in [6.07, 6.45) is 0.465. The summed E-state index contributed by atoms with van der Waals surface area (Å²) in [5.41, 5.74) is 6.35. The van der Waals surface area contributed by atoms with Gasteiger partial charge in [0.25, 0.3) is 0 Å². The van der Waals surface area contributed by atoms with Gasteiger partial charge in [0, 0.05) is 17.8 Å². The molecule has 0 aliphatic heterocycles. The number of nitrogens with one attached hydrogen (secondary N) is 1. The Labute approximate surface area is 141 Å². The Hall–Kier alpha value is -0.800. The lowest BCUT2D eigenvalue weighted by atomic mass is 10.1. The molecule has 0 saturated heterocycles. The van der Waals surface area contributed by atoms with Crippen LogP contribution >= 0.6 is 39.5 Å². The molecular weight excluding hydrogens is 392 g/mol. The number of hydrogen-bond acceptors (Lipinski definition) is 4. The summed E-state index contributed by atoms with van der Waals surface area (Å²) in [4.78, 5) is 1.55. The van der Waals surface area contributed by atoms with Gasteiger partial charge in [0.05, 0.1) is 13.7 Å². The van der Waals surface area contributed by atoms with Gasteiger partial charge in [0.15, 0.2) is 0 Å². The summed E-state index contributed by atoms with van der Waals surface area (Å²) >= 11 is 9.67. The van der Waals surface area contributed by atoms with Crippen molar-refractivity contribution in [2.45, 2.75) is 17.9 Å². The molecule has 2 rings (SSSR count). The van der Waals surface area contributed by atoms with Gasteiger partial charge in [-0.3, -0.25) is 0 Å². The zero-order valence-electron chi connectivity index (χ0n) is 10.9. The van der Waals surface area contributed by atoms with E-state index in [4.69, 9.17) is 18.0 Å². The maximum Gasteiger partial charge on any atom is 0.240 e. The average Bonchev–Trinajstić information content (AvgIpc) is 2.82. The van der Waals surface area contributed by atoms with E-state index in [-0.39, 0.29) is 11.4 Å². The second-order valence-corrected chi connectivity index (χ2v) is 9.16. The standard InChI is InChI=1S/C13H13BrN2O2S3/c14-12-6-3-10(20-12)8-16-21(17,18)11-4-1-9(2-5-11)7-13(15)19/h1-6,16H,7-8H2,(H2,15,19). The molecule has 112 valence electrons. The first-order chi connectivity index (χ1) is 9.87. The average molecular weight is 405 g/mol. The molecule has 1 aromatic carbocycles. The van der Waals surface area contributed by atoms with Crippen molar-refractivity contribution < 1.29 is 8.42 Å². The molecular formula is C13H13BrN2O2S3. The summed E-state index contributed by atoms with van der Waals surface area (Å²) in [6, 6.07) is 10.3. The Kier molecular flexibility index (Phi) is 5.50. The number of thiophene rings is 1. The lowest BCUT2D eigenvalue weighted by molar-refractivity contribution is 0.582. The lowest BCUT2D eigenvalue weighted by Crippen LogP contribution is -2.22. The van der Waals surface area contributed by atoms with Gasteiger partial charge < -0.3 is 5.73 Å². The van der Waals surface area contributed by atoms with Crippen LogP contribution in [0.25, 0.3) is 0 Å². The van der Waals surface area contributed by atoms with Crippen molar-refractivity contribution in [3.05, 3.63) is 50.6 Å². The minimum atomic E-state index is -3.52. The maximum absolute atomic E-state index is 12.2. The predicted octanol–water partition coefficient (Wildman–Crippen LogP) is 2.82. The lowest BCUT2D eigenvalue weighted by Gasteiger charge is -2.06. The van der Waals surface area contributed by atoms with Crippen LogP contribution < -0.4 is 10.5 Å². The fourth-order valence-electron chi connectivity index (χ4n) is 1.68. The van der Waals surface area contributed by atoms with Crippen LogP contribution in [0, 0.1) is 0 Å².